The molecular formula is C32H39N3O8S. The lowest BCUT2D eigenvalue weighted by atomic mass is 10.1. The molecular weight excluding hydrogens is 586 g/mol. The number of hydrogen-bond acceptors (Lipinski definition) is 9. The predicted molar refractivity (Wildman–Crippen MR) is 166 cm³/mol. The highest BCUT2D eigenvalue weighted by Crippen LogP contribution is 2.33. The minimum atomic E-state index is -3.82. The van der Waals surface area contributed by atoms with Crippen molar-refractivity contribution in [1.82, 2.24) is 9.21 Å². The summed E-state index contributed by atoms with van der Waals surface area (Å²) >= 11 is 0. The quantitative estimate of drug-likeness (QED) is 0.279. The van der Waals surface area contributed by atoms with Crippen LogP contribution in [-0.2, 0) is 30.8 Å². The maximum atomic E-state index is 13.6. The highest BCUT2D eigenvalue weighted by molar-refractivity contribution is 7.89. The minimum Gasteiger partial charge on any atom is -0.495 e. The van der Waals surface area contributed by atoms with Crippen molar-refractivity contribution < 1.29 is 37.0 Å². The summed E-state index contributed by atoms with van der Waals surface area (Å²) in [5.74, 6) is 0.874. The summed E-state index contributed by atoms with van der Waals surface area (Å²) in [5, 5.41) is 0. The molecule has 0 N–H and O–H groups in total. The molecule has 236 valence electrons. The highest BCUT2D eigenvalue weighted by Gasteiger charge is 2.32. The minimum absolute atomic E-state index is 0.139. The van der Waals surface area contributed by atoms with Gasteiger partial charge in [-0.3, -0.25) is 9.59 Å². The maximum absolute atomic E-state index is 13.6. The third-order valence-corrected chi connectivity index (χ3v) is 9.42. The van der Waals surface area contributed by atoms with Crippen molar-refractivity contribution in [2.24, 2.45) is 0 Å². The van der Waals surface area contributed by atoms with E-state index in [9.17, 15) is 18.0 Å². The average Bonchev–Trinajstić information content (AvgIpc) is 3.05. The summed E-state index contributed by atoms with van der Waals surface area (Å²) in [6, 6.07) is 19.2. The molecule has 1 saturated heterocycles. The van der Waals surface area contributed by atoms with E-state index < -0.39 is 22.1 Å². The van der Waals surface area contributed by atoms with E-state index in [0.29, 0.717) is 61.1 Å². The van der Waals surface area contributed by atoms with Gasteiger partial charge in [0.05, 0.1) is 31.9 Å². The SMILES string of the molecule is COc1ccc(CCN(C)S(=O)(=O)c2ccc(OC)c(N3CCN(C(=O)[C@@H](OC(C)=O)c4ccccc4)CC3)c2)cc1OC. The zero-order chi connectivity index (χ0) is 31.9. The maximum Gasteiger partial charge on any atom is 0.303 e. The van der Waals surface area contributed by atoms with Gasteiger partial charge in [0, 0.05) is 52.3 Å². The van der Waals surface area contributed by atoms with Gasteiger partial charge in [-0.1, -0.05) is 36.4 Å². The normalized spacial score (nSPS) is 14.2. The van der Waals surface area contributed by atoms with Gasteiger partial charge in [0.2, 0.25) is 16.1 Å². The second-order valence-electron chi connectivity index (χ2n) is 10.3. The number of esters is 1. The van der Waals surface area contributed by atoms with Crippen molar-refractivity contribution in [2.75, 3.05) is 66.0 Å². The molecule has 3 aromatic rings. The number of carbonyl (C=O) groups is 2. The van der Waals surface area contributed by atoms with Crippen molar-refractivity contribution in [3.05, 3.63) is 77.9 Å². The molecule has 1 heterocycles. The van der Waals surface area contributed by atoms with Crippen molar-refractivity contribution in [1.29, 1.82) is 0 Å². The Balaban J connectivity index is 1.46. The van der Waals surface area contributed by atoms with Crippen molar-refractivity contribution >= 4 is 27.6 Å². The number of rotatable bonds is 12. The fourth-order valence-corrected chi connectivity index (χ4v) is 6.28. The van der Waals surface area contributed by atoms with Crippen LogP contribution in [0.1, 0.15) is 24.2 Å². The molecule has 0 aromatic heterocycles. The van der Waals surface area contributed by atoms with Gasteiger partial charge in [-0.25, -0.2) is 12.7 Å². The number of hydrogen-bond donors (Lipinski definition) is 0. The second-order valence-corrected chi connectivity index (χ2v) is 12.4. The summed E-state index contributed by atoms with van der Waals surface area (Å²) in [5.41, 5.74) is 2.13. The Morgan fingerprint density at radius 1 is 0.841 bits per heavy atom. The Hall–Kier alpha value is -4.29. The summed E-state index contributed by atoms with van der Waals surface area (Å²) in [6.45, 7) is 3.11. The predicted octanol–water partition coefficient (Wildman–Crippen LogP) is 3.53. The van der Waals surface area contributed by atoms with Crippen LogP contribution in [0.15, 0.2) is 71.6 Å². The molecule has 4 rings (SSSR count). The number of anilines is 1. The first-order valence-electron chi connectivity index (χ1n) is 14.2. The third-order valence-electron chi connectivity index (χ3n) is 7.56. The number of benzene rings is 3. The summed E-state index contributed by atoms with van der Waals surface area (Å²) in [4.78, 5) is 29.0. The molecule has 0 radical (unpaired) electrons. The number of ether oxygens (including phenoxy) is 4. The van der Waals surface area contributed by atoms with Crippen LogP contribution in [0.3, 0.4) is 0 Å². The fraction of sp³-hybridized carbons (Fsp3) is 0.375. The van der Waals surface area contributed by atoms with E-state index in [1.165, 1.54) is 24.4 Å². The zero-order valence-corrected chi connectivity index (χ0v) is 26.5. The molecule has 0 spiro atoms. The Morgan fingerprint density at radius 3 is 2.09 bits per heavy atom. The zero-order valence-electron chi connectivity index (χ0n) is 25.7. The molecule has 1 amide bonds. The van der Waals surface area contributed by atoms with Crippen LogP contribution in [-0.4, -0.2) is 90.6 Å². The largest absolute Gasteiger partial charge is 0.495 e. The molecule has 0 aliphatic carbocycles. The molecule has 1 fully saturated rings. The summed E-state index contributed by atoms with van der Waals surface area (Å²) in [7, 11) is 2.39. The van der Waals surface area contributed by atoms with Gasteiger partial charge in [-0.15, -0.1) is 0 Å². The number of piperazine rings is 1. The van der Waals surface area contributed by atoms with Gasteiger partial charge in [0.15, 0.2) is 11.5 Å². The first-order valence-corrected chi connectivity index (χ1v) is 15.6. The molecule has 11 nitrogen and oxygen atoms in total. The van der Waals surface area contributed by atoms with Crippen LogP contribution in [0.2, 0.25) is 0 Å². The molecule has 3 aromatic carbocycles. The van der Waals surface area contributed by atoms with Crippen LogP contribution in [0, 0.1) is 0 Å². The number of nitrogens with zero attached hydrogens (tertiary/aromatic N) is 3. The van der Waals surface area contributed by atoms with E-state index in [0.717, 1.165) is 5.56 Å². The van der Waals surface area contributed by atoms with Gasteiger partial charge in [0.25, 0.3) is 5.91 Å². The van der Waals surface area contributed by atoms with Gasteiger partial charge >= 0.3 is 5.97 Å². The van der Waals surface area contributed by atoms with Gasteiger partial charge in [-0.2, -0.15) is 0 Å². The first kappa shape index (κ1) is 32.6. The second kappa shape index (κ2) is 14.5. The summed E-state index contributed by atoms with van der Waals surface area (Å²) in [6.07, 6.45) is -0.551. The molecule has 1 aliphatic rings. The standard InChI is InChI=1S/C32H39N3O8S/c1-23(36)43-31(25-9-7-6-8-10-25)32(37)35-19-17-34(18-20-35)27-22-26(12-14-28(27)40-3)44(38,39)33(2)16-15-24-11-13-29(41-4)30(21-24)42-5/h6-14,21-22,31H,15-20H2,1-5H3/t31-/m0/s1. The molecule has 0 unspecified atom stereocenters. The Kier molecular flexibility index (Phi) is 10.7. The van der Waals surface area contributed by atoms with Crippen molar-refractivity contribution in [2.45, 2.75) is 24.3 Å². The molecule has 0 bridgehead atoms. The van der Waals surface area contributed by atoms with E-state index >= 15 is 0 Å². The molecule has 12 heteroatoms. The Labute approximate surface area is 258 Å². The van der Waals surface area contributed by atoms with Gasteiger partial charge in [0.1, 0.15) is 5.75 Å². The van der Waals surface area contributed by atoms with E-state index in [2.05, 4.69) is 0 Å². The lowest BCUT2D eigenvalue weighted by Gasteiger charge is -2.38. The number of amides is 1. The van der Waals surface area contributed by atoms with E-state index in [1.807, 2.05) is 23.1 Å². The third kappa shape index (κ3) is 7.43. The molecule has 1 atom stereocenters. The van der Waals surface area contributed by atoms with Crippen molar-refractivity contribution in [3.63, 3.8) is 0 Å². The first-order chi connectivity index (χ1) is 21.1. The fourth-order valence-electron chi connectivity index (χ4n) is 5.09. The Morgan fingerprint density at radius 2 is 1.48 bits per heavy atom. The number of methoxy groups -OCH3 is 3. The van der Waals surface area contributed by atoms with Crippen LogP contribution in [0.25, 0.3) is 0 Å². The van der Waals surface area contributed by atoms with E-state index in [4.69, 9.17) is 18.9 Å². The monoisotopic (exact) mass is 625 g/mol. The smallest absolute Gasteiger partial charge is 0.303 e. The molecule has 0 saturated carbocycles. The highest BCUT2D eigenvalue weighted by atomic mass is 32.2. The number of sulfonamides is 1. The van der Waals surface area contributed by atoms with Gasteiger partial charge in [-0.05, 0) is 42.3 Å². The number of likely N-dealkylation sites (N-methyl/N-ethyl adjacent to an activating group) is 1. The Bertz CT molecular complexity index is 1560. The van der Waals surface area contributed by atoms with Crippen LogP contribution in [0.5, 0.6) is 17.2 Å². The topological polar surface area (TPSA) is 115 Å². The summed E-state index contributed by atoms with van der Waals surface area (Å²) < 4.78 is 50.1. The van der Waals surface area contributed by atoms with Crippen LogP contribution in [0.4, 0.5) is 5.69 Å². The van der Waals surface area contributed by atoms with Gasteiger partial charge < -0.3 is 28.7 Å². The van der Waals surface area contributed by atoms with Crippen LogP contribution < -0.4 is 19.1 Å². The molecule has 44 heavy (non-hydrogen) atoms. The lowest BCUT2D eigenvalue weighted by molar-refractivity contribution is -0.159. The van der Waals surface area contributed by atoms with E-state index in [-0.39, 0.29) is 17.3 Å². The van der Waals surface area contributed by atoms with Crippen molar-refractivity contribution in [3.8, 4) is 17.2 Å². The van der Waals surface area contributed by atoms with E-state index in [1.54, 1.807) is 68.6 Å². The van der Waals surface area contributed by atoms with Crippen LogP contribution >= 0.6 is 0 Å². The average molecular weight is 626 g/mol. The number of carbonyl (C=O) groups excluding carboxylic acids is 2. The lowest BCUT2D eigenvalue weighted by Crippen LogP contribution is -2.50. The molecule has 1 aliphatic heterocycles.